The summed E-state index contributed by atoms with van der Waals surface area (Å²) in [5.41, 5.74) is 0.946. The van der Waals surface area contributed by atoms with Crippen molar-refractivity contribution in [2.45, 2.75) is 19.4 Å². The third-order valence-electron chi connectivity index (χ3n) is 2.35. The van der Waals surface area contributed by atoms with Crippen molar-refractivity contribution < 1.29 is 4.79 Å². The summed E-state index contributed by atoms with van der Waals surface area (Å²) in [6.07, 6.45) is 0.477. The number of hydrogen-bond acceptors (Lipinski definition) is 2. The number of nitrogens with one attached hydrogen (secondary N) is 2. The van der Waals surface area contributed by atoms with E-state index in [1.54, 1.807) is 0 Å². The first-order valence-corrected chi connectivity index (χ1v) is 5.71. The van der Waals surface area contributed by atoms with E-state index in [1.165, 1.54) is 0 Å². The van der Waals surface area contributed by atoms with Gasteiger partial charge in [-0.2, -0.15) is 0 Å². The van der Waals surface area contributed by atoms with Crippen molar-refractivity contribution in [1.82, 2.24) is 10.6 Å². The monoisotopic (exact) mass is 240 g/mol. The van der Waals surface area contributed by atoms with Crippen LogP contribution < -0.4 is 10.6 Å². The van der Waals surface area contributed by atoms with E-state index < -0.39 is 0 Å². The quantitative estimate of drug-likeness (QED) is 0.828. The van der Waals surface area contributed by atoms with Crippen molar-refractivity contribution in [2.24, 2.45) is 0 Å². The third kappa shape index (κ3) is 3.83. The SMILES string of the molecule is CNCCC(=O)N[C@@H](C)c1ccccc1Cl. The van der Waals surface area contributed by atoms with Crippen LogP contribution in [0.5, 0.6) is 0 Å². The largest absolute Gasteiger partial charge is 0.349 e. The summed E-state index contributed by atoms with van der Waals surface area (Å²) in [6.45, 7) is 2.61. The highest BCUT2D eigenvalue weighted by molar-refractivity contribution is 6.31. The van der Waals surface area contributed by atoms with Crippen molar-refractivity contribution in [3.8, 4) is 0 Å². The van der Waals surface area contributed by atoms with Gasteiger partial charge in [0.25, 0.3) is 0 Å². The van der Waals surface area contributed by atoms with Gasteiger partial charge in [0.2, 0.25) is 5.91 Å². The maximum absolute atomic E-state index is 11.5. The Labute approximate surface area is 101 Å². The summed E-state index contributed by atoms with van der Waals surface area (Å²) in [5, 5.41) is 6.53. The molecule has 0 fully saturated rings. The average Bonchev–Trinajstić information content (AvgIpc) is 2.26. The van der Waals surface area contributed by atoms with Crippen LogP contribution in [-0.2, 0) is 4.79 Å². The summed E-state index contributed by atoms with van der Waals surface area (Å²) in [4.78, 5) is 11.5. The fraction of sp³-hybridized carbons (Fsp3) is 0.417. The minimum Gasteiger partial charge on any atom is -0.349 e. The van der Waals surface area contributed by atoms with Gasteiger partial charge in [-0.15, -0.1) is 0 Å². The maximum atomic E-state index is 11.5. The van der Waals surface area contributed by atoms with Gasteiger partial charge < -0.3 is 10.6 Å². The molecule has 2 N–H and O–H groups in total. The number of carbonyl (C=O) groups excluding carboxylic acids is 1. The van der Waals surface area contributed by atoms with E-state index in [1.807, 2.05) is 38.2 Å². The van der Waals surface area contributed by atoms with E-state index in [2.05, 4.69) is 10.6 Å². The summed E-state index contributed by atoms with van der Waals surface area (Å²) in [6, 6.07) is 7.48. The Bertz CT molecular complexity index is 355. The van der Waals surface area contributed by atoms with Crippen molar-refractivity contribution in [2.75, 3.05) is 13.6 Å². The topological polar surface area (TPSA) is 41.1 Å². The Morgan fingerprint density at radius 2 is 2.12 bits per heavy atom. The molecule has 0 heterocycles. The molecule has 0 aliphatic rings. The zero-order chi connectivity index (χ0) is 12.0. The van der Waals surface area contributed by atoms with Gasteiger partial charge in [0.1, 0.15) is 0 Å². The average molecular weight is 241 g/mol. The van der Waals surface area contributed by atoms with Gasteiger partial charge in [0, 0.05) is 18.0 Å². The lowest BCUT2D eigenvalue weighted by Crippen LogP contribution is -2.29. The van der Waals surface area contributed by atoms with Crippen LogP contribution in [-0.4, -0.2) is 19.5 Å². The molecule has 0 radical (unpaired) electrons. The molecule has 1 atom stereocenters. The van der Waals surface area contributed by atoms with E-state index in [-0.39, 0.29) is 11.9 Å². The molecule has 0 saturated carbocycles. The van der Waals surface area contributed by atoms with Crippen LogP contribution in [0.2, 0.25) is 5.02 Å². The normalized spacial score (nSPS) is 12.2. The van der Waals surface area contributed by atoms with Crippen molar-refractivity contribution in [1.29, 1.82) is 0 Å². The highest BCUT2D eigenvalue weighted by atomic mass is 35.5. The minimum absolute atomic E-state index is 0.0294. The fourth-order valence-corrected chi connectivity index (χ4v) is 1.76. The molecule has 1 aromatic carbocycles. The fourth-order valence-electron chi connectivity index (χ4n) is 1.46. The molecule has 4 heteroatoms. The molecule has 1 rings (SSSR count). The zero-order valence-electron chi connectivity index (χ0n) is 9.59. The predicted molar refractivity (Wildman–Crippen MR) is 66.6 cm³/mol. The molecular formula is C12H17ClN2O. The van der Waals surface area contributed by atoms with E-state index >= 15 is 0 Å². The molecule has 1 aromatic rings. The number of amides is 1. The number of rotatable bonds is 5. The molecule has 1 amide bonds. The van der Waals surface area contributed by atoms with Gasteiger partial charge in [-0.3, -0.25) is 4.79 Å². The Morgan fingerprint density at radius 3 is 2.75 bits per heavy atom. The van der Waals surface area contributed by atoms with Crippen LogP contribution in [0.1, 0.15) is 24.9 Å². The molecule has 0 aromatic heterocycles. The molecule has 0 bridgehead atoms. The van der Waals surface area contributed by atoms with E-state index in [9.17, 15) is 4.79 Å². The van der Waals surface area contributed by atoms with Gasteiger partial charge in [0.15, 0.2) is 0 Å². The molecule has 16 heavy (non-hydrogen) atoms. The summed E-state index contributed by atoms with van der Waals surface area (Å²) >= 11 is 6.04. The van der Waals surface area contributed by atoms with Gasteiger partial charge in [0.05, 0.1) is 6.04 Å². The molecular weight excluding hydrogens is 224 g/mol. The van der Waals surface area contributed by atoms with Gasteiger partial charge >= 0.3 is 0 Å². The molecule has 88 valence electrons. The predicted octanol–water partition coefficient (Wildman–Crippen LogP) is 2.13. The zero-order valence-corrected chi connectivity index (χ0v) is 10.3. The smallest absolute Gasteiger partial charge is 0.221 e. The Balaban J connectivity index is 2.55. The van der Waals surface area contributed by atoms with E-state index in [0.29, 0.717) is 18.0 Å². The third-order valence-corrected chi connectivity index (χ3v) is 2.70. The second kappa shape index (κ2) is 6.51. The number of hydrogen-bond donors (Lipinski definition) is 2. The van der Waals surface area contributed by atoms with Gasteiger partial charge in [-0.1, -0.05) is 29.8 Å². The van der Waals surface area contributed by atoms with Crippen LogP contribution in [0.25, 0.3) is 0 Å². The molecule has 0 unspecified atom stereocenters. The van der Waals surface area contributed by atoms with Crippen molar-refractivity contribution in [3.05, 3.63) is 34.9 Å². The lowest BCUT2D eigenvalue weighted by Gasteiger charge is -2.15. The number of halogens is 1. The highest BCUT2D eigenvalue weighted by Gasteiger charge is 2.11. The first kappa shape index (κ1) is 13.0. The van der Waals surface area contributed by atoms with Crippen LogP contribution >= 0.6 is 11.6 Å². The molecule has 0 spiro atoms. The van der Waals surface area contributed by atoms with Gasteiger partial charge in [-0.25, -0.2) is 0 Å². The minimum atomic E-state index is -0.0574. The van der Waals surface area contributed by atoms with E-state index in [4.69, 9.17) is 11.6 Å². The lowest BCUT2D eigenvalue weighted by molar-refractivity contribution is -0.121. The highest BCUT2D eigenvalue weighted by Crippen LogP contribution is 2.21. The second-order valence-corrected chi connectivity index (χ2v) is 4.07. The lowest BCUT2D eigenvalue weighted by atomic mass is 10.1. The standard InChI is InChI=1S/C12H17ClN2O/c1-9(15-12(16)7-8-14-2)10-5-3-4-6-11(10)13/h3-6,9,14H,7-8H2,1-2H3,(H,15,16)/t9-/m0/s1. The molecule has 0 aliphatic carbocycles. The Morgan fingerprint density at radius 1 is 1.44 bits per heavy atom. The molecule has 3 nitrogen and oxygen atoms in total. The summed E-state index contributed by atoms with van der Waals surface area (Å²) < 4.78 is 0. The molecule has 0 aliphatic heterocycles. The first-order valence-electron chi connectivity index (χ1n) is 5.33. The Kier molecular flexibility index (Phi) is 5.29. The first-order chi connectivity index (χ1) is 7.65. The second-order valence-electron chi connectivity index (χ2n) is 3.66. The van der Waals surface area contributed by atoms with Crippen molar-refractivity contribution in [3.63, 3.8) is 0 Å². The van der Waals surface area contributed by atoms with Crippen molar-refractivity contribution >= 4 is 17.5 Å². The summed E-state index contributed by atoms with van der Waals surface area (Å²) in [5.74, 6) is 0.0294. The maximum Gasteiger partial charge on any atom is 0.221 e. The Hall–Kier alpha value is -1.06. The van der Waals surface area contributed by atoms with Crippen LogP contribution in [0.4, 0.5) is 0 Å². The summed E-state index contributed by atoms with van der Waals surface area (Å²) in [7, 11) is 1.82. The number of carbonyl (C=O) groups is 1. The number of benzene rings is 1. The van der Waals surface area contributed by atoms with Crippen LogP contribution in [0, 0.1) is 0 Å². The van der Waals surface area contributed by atoms with Crippen LogP contribution in [0.3, 0.4) is 0 Å². The van der Waals surface area contributed by atoms with Crippen LogP contribution in [0.15, 0.2) is 24.3 Å². The molecule has 0 saturated heterocycles. The van der Waals surface area contributed by atoms with E-state index in [0.717, 1.165) is 5.56 Å². The van der Waals surface area contributed by atoms with Gasteiger partial charge in [-0.05, 0) is 25.6 Å².